The second kappa shape index (κ2) is 6.74. The van der Waals surface area contributed by atoms with Crippen LogP contribution in [0.4, 0.5) is 5.69 Å². The predicted octanol–water partition coefficient (Wildman–Crippen LogP) is 4.29. The Hall–Kier alpha value is -1.31. The lowest BCUT2D eigenvalue weighted by Crippen LogP contribution is -2.35. The number of carbonyl (C=O) groups is 1. The van der Waals surface area contributed by atoms with Gasteiger partial charge in [0.25, 0.3) is 0 Å². The molecule has 0 spiro atoms. The first-order valence-corrected chi connectivity index (χ1v) is 7.53. The fraction of sp³-hybridized carbons (Fsp3) is 0.588. The summed E-state index contributed by atoms with van der Waals surface area (Å²) in [6.45, 7) is 5.59. The molecule has 104 valence electrons. The second-order valence-electron chi connectivity index (χ2n) is 5.99. The van der Waals surface area contributed by atoms with Crippen molar-refractivity contribution < 1.29 is 4.79 Å². The van der Waals surface area contributed by atoms with Crippen molar-refractivity contribution in [1.82, 2.24) is 0 Å². The highest BCUT2D eigenvalue weighted by Crippen LogP contribution is 2.30. The molecule has 0 aromatic heterocycles. The van der Waals surface area contributed by atoms with Crippen molar-refractivity contribution >= 4 is 12.0 Å². The maximum Gasteiger partial charge on any atom is 0.152 e. The number of hydrogen-bond acceptors (Lipinski definition) is 2. The smallest absolute Gasteiger partial charge is 0.152 e. The fourth-order valence-corrected chi connectivity index (χ4v) is 2.96. The summed E-state index contributed by atoms with van der Waals surface area (Å²) >= 11 is 0. The SMILES string of the molecule is CC(C)CCN(c1ccccc1C=O)C1CCCC1. The van der Waals surface area contributed by atoms with Gasteiger partial charge < -0.3 is 4.90 Å². The van der Waals surface area contributed by atoms with Crippen LogP contribution in [0.15, 0.2) is 24.3 Å². The maximum atomic E-state index is 11.3. The summed E-state index contributed by atoms with van der Waals surface area (Å²) in [4.78, 5) is 13.7. The highest BCUT2D eigenvalue weighted by atomic mass is 16.1. The van der Waals surface area contributed by atoms with Gasteiger partial charge in [0.2, 0.25) is 0 Å². The third kappa shape index (κ3) is 3.59. The molecule has 1 aromatic rings. The van der Waals surface area contributed by atoms with Gasteiger partial charge in [-0.1, -0.05) is 38.8 Å². The Bertz CT molecular complexity index is 407. The van der Waals surface area contributed by atoms with E-state index in [-0.39, 0.29) is 0 Å². The molecular weight excluding hydrogens is 234 g/mol. The van der Waals surface area contributed by atoms with Gasteiger partial charge in [0.05, 0.1) is 0 Å². The Kier molecular flexibility index (Phi) is 5.00. The Morgan fingerprint density at radius 3 is 2.58 bits per heavy atom. The number of aldehydes is 1. The molecule has 0 radical (unpaired) electrons. The van der Waals surface area contributed by atoms with E-state index in [1.54, 1.807) is 0 Å². The minimum atomic E-state index is 0.625. The maximum absolute atomic E-state index is 11.3. The van der Waals surface area contributed by atoms with Gasteiger partial charge >= 0.3 is 0 Å². The highest BCUT2D eigenvalue weighted by molar-refractivity contribution is 5.84. The number of benzene rings is 1. The molecule has 19 heavy (non-hydrogen) atoms. The molecule has 1 aromatic carbocycles. The van der Waals surface area contributed by atoms with E-state index in [4.69, 9.17) is 0 Å². The Morgan fingerprint density at radius 2 is 1.95 bits per heavy atom. The molecule has 2 rings (SSSR count). The van der Waals surface area contributed by atoms with Gasteiger partial charge in [-0.25, -0.2) is 0 Å². The van der Waals surface area contributed by atoms with Crippen molar-refractivity contribution in [2.45, 2.75) is 52.0 Å². The number of carbonyl (C=O) groups excluding carboxylic acids is 1. The molecule has 2 nitrogen and oxygen atoms in total. The summed E-state index contributed by atoms with van der Waals surface area (Å²) in [5, 5.41) is 0. The van der Waals surface area contributed by atoms with Crippen LogP contribution in [0.2, 0.25) is 0 Å². The predicted molar refractivity (Wildman–Crippen MR) is 80.9 cm³/mol. The first kappa shape index (κ1) is 14.1. The molecule has 1 saturated carbocycles. The van der Waals surface area contributed by atoms with E-state index in [0.717, 1.165) is 24.1 Å². The summed E-state index contributed by atoms with van der Waals surface area (Å²) in [6.07, 6.45) is 7.37. The lowest BCUT2D eigenvalue weighted by molar-refractivity contribution is 0.112. The van der Waals surface area contributed by atoms with Gasteiger partial charge in [0.1, 0.15) is 0 Å². The largest absolute Gasteiger partial charge is 0.368 e. The van der Waals surface area contributed by atoms with Crippen molar-refractivity contribution in [3.8, 4) is 0 Å². The quantitative estimate of drug-likeness (QED) is 0.710. The normalized spacial score (nSPS) is 15.9. The number of rotatable bonds is 6. The minimum Gasteiger partial charge on any atom is -0.368 e. The van der Waals surface area contributed by atoms with Crippen molar-refractivity contribution in [1.29, 1.82) is 0 Å². The molecular formula is C17H25NO. The molecule has 0 N–H and O–H groups in total. The topological polar surface area (TPSA) is 20.3 Å². The Balaban J connectivity index is 2.22. The third-order valence-electron chi connectivity index (χ3n) is 4.09. The van der Waals surface area contributed by atoms with E-state index in [9.17, 15) is 4.79 Å². The fourth-order valence-electron chi connectivity index (χ4n) is 2.96. The monoisotopic (exact) mass is 259 g/mol. The van der Waals surface area contributed by atoms with Crippen LogP contribution >= 0.6 is 0 Å². The molecule has 0 bridgehead atoms. The summed E-state index contributed by atoms with van der Waals surface area (Å²) in [5.41, 5.74) is 1.96. The van der Waals surface area contributed by atoms with Crippen LogP contribution in [0.3, 0.4) is 0 Å². The van der Waals surface area contributed by atoms with Crippen LogP contribution in [-0.4, -0.2) is 18.9 Å². The van der Waals surface area contributed by atoms with Crippen LogP contribution in [0.1, 0.15) is 56.3 Å². The van der Waals surface area contributed by atoms with Gasteiger partial charge in [0, 0.05) is 23.8 Å². The lowest BCUT2D eigenvalue weighted by Gasteiger charge is -2.32. The molecule has 0 atom stereocenters. The first-order chi connectivity index (χ1) is 9.22. The third-order valence-corrected chi connectivity index (χ3v) is 4.09. The van der Waals surface area contributed by atoms with E-state index in [1.165, 1.54) is 32.1 Å². The van der Waals surface area contributed by atoms with Gasteiger partial charge in [-0.3, -0.25) is 4.79 Å². The van der Waals surface area contributed by atoms with E-state index >= 15 is 0 Å². The van der Waals surface area contributed by atoms with E-state index in [2.05, 4.69) is 24.8 Å². The van der Waals surface area contributed by atoms with Crippen molar-refractivity contribution in [2.75, 3.05) is 11.4 Å². The van der Waals surface area contributed by atoms with Crippen LogP contribution in [-0.2, 0) is 0 Å². The molecule has 0 aliphatic heterocycles. The zero-order valence-electron chi connectivity index (χ0n) is 12.1. The summed E-state index contributed by atoms with van der Waals surface area (Å²) < 4.78 is 0. The standard InChI is InChI=1S/C17H25NO/c1-14(2)11-12-18(16-8-4-5-9-16)17-10-6-3-7-15(17)13-19/h3,6-7,10,13-14,16H,4-5,8-9,11-12H2,1-2H3. The first-order valence-electron chi connectivity index (χ1n) is 7.53. The molecule has 1 fully saturated rings. The van der Waals surface area contributed by atoms with Crippen LogP contribution in [0.25, 0.3) is 0 Å². The van der Waals surface area contributed by atoms with Crippen LogP contribution < -0.4 is 4.90 Å². The molecule has 0 amide bonds. The van der Waals surface area contributed by atoms with E-state index < -0.39 is 0 Å². The lowest BCUT2D eigenvalue weighted by atomic mass is 10.1. The second-order valence-corrected chi connectivity index (χ2v) is 5.99. The zero-order valence-corrected chi connectivity index (χ0v) is 12.1. The number of para-hydroxylation sites is 1. The molecule has 0 heterocycles. The Morgan fingerprint density at radius 1 is 1.26 bits per heavy atom. The van der Waals surface area contributed by atoms with Crippen LogP contribution in [0, 0.1) is 5.92 Å². The number of anilines is 1. The molecule has 0 unspecified atom stereocenters. The average Bonchev–Trinajstić information content (AvgIpc) is 2.93. The summed E-state index contributed by atoms with van der Waals surface area (Å²) in [7, 11) is 0. The number of hydrogen-bond donors (Lipinski definition) is 0. The summed E-state index contributed by atoms with van der Waals surface area (Å²) in [5.74, 6) is 0.701. The summed E-state index contributed by atoms with van der Waals surface area (Å²) in [6, 6.07) is 8.64. The van der Waals surface area contributed by atoms with Gasteiger partial charge in [0.15, 0.2) is 6.29 Å². The molecule has 0 saturated heterocycles. The van der Waals surface area contributed by atoms with E-state index in [1.807, 2.05) is 18.2 Å². The number of nitrogens with zero attached hydrogens (tertiary/aromatic N) is 1. The van der Waals surface area contributed by atoms with E-state index in [0.29, 0.717) is 12.0 Å². The van der Waals surface area contributed by atoms with Crippen LogP contribution in [0.5, 0.6) is 0 Å². The zero-order chi connectivity index (χ0) is 13.7. The van der Waals surface area contributed by atoms with Crippen molar-refractivity contribution in [3.05, 3.63) is 29.8 Å². The molecule has 1 aliphatic carbocycles. The van der Waals surface area contributed by atoms with Crippen molar-refractivity contribution in [3.63, 3.8) is 0 Å². The van der Waals surface area contributed by atoms with Crippen molar-refractivity contribution in [2.24, 2.45) is 5.92 Å². The van der Waals surface area contributed by atoms with Gasteiger partial charge in [-0.05, 0) is 37.3 Å². The molecule has 1 aliphatic rings. The van der Waals surface area contributed by atoms with Gasteiger partial charge in [-0.2, -0.15) is 0 Å². The Labute approximate surface area is 116 Å². The average molecular weight is 259 g/mol. The minimum absolute atomic E-state index is 0.625. The molecule has 2 heteroatoms. The highest BCUT2D eigenvalue weighted by Gasteiger charge is 2.24. The van der Waals surface area contributed by atoms with Gasteiger partial charge in [-0.15, -0.1) is 0 Å².